The third-order valence-corrected chi connectivity index (χ3v) is 4.59. The number of benzene rings is 2. The lowest BCUT2D eigenvalue weighted by Gasteiger charge is -2.12. The highest BCUT2D eigenvalue weighted by Gasteiger charge is 2.11. The van der Waals surface area contributed by atoms with Gasteiger partial charge in [-0.1, -0.05) is 37.6 Å². The van der Waals surface area contributed by atoms with E-state index in [0.717, 1.165) is 56.3 Å². The number of ether oxygens (including phenoxy) is 2. The molecule has 0 amide bonds. The second kappa shape index (κ2) is 10.2. The smallest absolute Gasteiger partial charge is 0.306 e. The minimum atomic E-state index is -3.58. The molecule has 0 N–H and O–H groups in total. The molecule has 2 aromatic rings. The molecule has 0 aromatic heterocycles. The van der Waals surface area contributed by atoms with E-state index in [4.69, 9.17) is 13.7 Å². The zero-order valence-corrected chi connectivity index (χ0v) is 17.1. The Hall–Kier alpha value is -2.21. The van der Waals surface area contributed by atoms with Crippen molar-refractivity contribution in [2.24, 2.45) is 0 Å². The molecule has 5 nitrogen and oxygen atoms in total. The van der Waals surface area contributed by atoms with Gasteiger partial charge in [0.2, 0.25) is 0 Å². The van der Waals surface area contributed by atoms with Crippen LogP contribution in [-0.4, -0.2) is 28.4 Å². The SMILES string of the molecule is CCCCOc1ccccc1CCCc1ccc(OS(C)(=O)=O)c(OC)c1. The predicted molar refractivity (Wildman–Crippen MR) is 107 cm³/mol. The minimum Gasteiger partial charge on any atom is -0.493 e. The summed E-state index contributed by atoms with van der Waals surface area (Å²) in [6.07, 6.45) is 5.88. The lowest BCUT2D eigenvalue weighted by atomic mass is 10.0. The van der Waals surface area contributed by atoms with E-state index in [-0.39, 0.29) is 5.75 Å². The molecule has 2 rings (SSSR count). The highest BCUT2D eigenvalue weighted by Crippen LogP contribution is 2.30. The molecule has 0 unspecified atom stereocenters. The molecule has 0 aliphatic carbocycles. The molecule has 0 aliphatic rings. The first-order valence-electron chi connectivity index (χ1n) is 9.20. The summed E-state index contributed by atoms with van der Waals surface area (Å²) in [7, 11) is -2.09. The Morgan fingerprint density at radius 3 is 2.41 bits per heavy atom. The zero-order chi connectivity index (χ0) is 19.7. The monoisotopic (exact) mass is 392 g/mol. The largest absolute Gasteiger partial charge is 0.493 e. The van der Waals surface area contributed by atoms with Gasteiger partial charge in [0.1, 0.15) is 5.75 Å². The molecule has 0 fully saturated rings. The Kier molecular flexibility index (Phi) is 7.98. The van der Waals surface area contributed by atoms with Gasteiger partial charge in [0.15, 0.2) is 11.5 Å². The molecule has 148 valence electrons. The van der Waals surface area contributed by atoms with Gasteiger partial charge in [0, 0.05) is 0 Å². The van der Waals surface area contributed by atoms with E-state index < -0.39 is 10.1 Å². The van der Waals surface area contributed by atoms with Crippen LogP contribution < -0.4 is 13.7 Å². The van der Waals surface area contributed by atoms with Gasteiger partial charge in [-0.05, 0) is 55.0 Å². The van der Waals surface area contributed by atoms with Gasteiger partial charge in [0.05, 0.1) is 20.0 Å². The van der Waals surface area contributed by atoms with Crippen molar-refractivity contribution in [3.8, 4) is 17.2 Å². The van der Waals surface area contributed by atoms with Crippen molar-refractivity contribution in [3.05, 3.63) is 53.6 Å². The van der Waals surface area contributed by atoms with Crippen molar-refractivity contribution in [3.63, 3.8) is 0 Å². The summed E-state index contributed by atoms with van der Waals surface area (Å²) in [5, 5.41) is 0. The summed E-state index contributed by atoms with van der Waals surface area (Å²) in [6.45, 7) is 2.89. The average molecular weight is 393 g/mol. The Bertz CT molecular complexity index is 830. The van der Waals surface area contributed by atoms with E-state index in [1.807, 2.05) is 30.3 Å². The number of hydrogen-bond donors (Lipinski definition) is 0. The molecule has 0 radical (unpaired) electrons. The Morgan fingerprint density at radius 1 is 0.926 bits per heavy atom. The van der Waals surface area contributed by atoms with Crippen LogP contribution in [0.2, 0.25) is 0 Å². The molecule has 0 saturated heterocycles. The molecule has 0 aliphatic heterocycles. The summed E-state index contributed by atoms with van der Waals surface area (Å²) in [5.74, 6) is 1.58. The summed E-state index contributed by atoms with van der Waals surface area (Å²) in [4.78, 5) is 0. The maximum atomic E-state index is 11.3. The topological polar surface area (TPSA) is 61.8 Å². The molecule has 0 spiro atoms. The van der Waals surface area contributed by atoms with Crippen LogP contribution in [0.25, 0.3) is 0 Å². The molecule has 0 bridgehead atoms. The molecule has 2 aromatic carbocycles. The van der Waals surface area contributed by atoms with Crippen LogP contribution in [0.5, 0.6) is 17.2 Å². The van der Waals surface area contributed by atoms with Crippen LogP contribution in [0.3, 0.4) is 0 Å². The number of aryl methyl sites for hydroxylation is 2. The number of rotatable bonds is 11. The molecular formula is C21H28O5S. The van der Waals surface area contributed by atoms with E-state index in [1.165, 1.54) is 12.7 Å². The third-order valence-electron chi connectivity index (χ3n) is 4.11. The normalized spacial score (nSPS) is 11.2. The quantitative estimate of drug-likeness (QED) is 0.419. The zero-order valence-electron chi connectivity index (χ0n) is 16.2. The van der Waals surface area contributed by atoms with Crippen molar-refractivity contribution >= 4 is 10.1 Å². The molecule has 27 heavy (non-hydrogen) atoms. The first-order valence-corrected chi connectivity index (χ1v) is 11.0. The summed E-state index contributed by atoms with van der Waals surface area (Å²) in [5.41, 5.74) is 2.27. The van der Waals surface area contributed by atoms with Gasteiger partial charge >= 0.3 is 10.1 Å². The van der Waals surface area contributed by atoms with Crippen LogP contribution in [0, 0.1) is 0 Å². The second-order valence-corrected chi connectivity index (χ2v) is 8.01. The molecule has 0 atom stereocenters. The lowest BCUT2D eigenvalue weighted by molar-refractivity contribution is 0.306. The van der Waals surface area contributed by atoms with Crippen molar-refractivity contribution in [1.29, 1.82) is 0 Å². The fourth-order valence-corrected chi connectivity index (χ4v) is 3.22. The molecule has 6 heteroatoms. The van der Waals surface area contributed by atoms with Crippen molar-refractivity contribution < 1.29 is 22.1 Å². The van der Waals surface area contributed by atoms with E-state index in [1.54, 1.807) is 6.07 Å². The Morgan fingerprint density at radius 2 is 1.70 bits per heavy atom. The summed E-state index contributed by atoms with van der Waals surface area (Å²) >= 11 is 0. The third kappa shape index (κ3) is 7.13. The summed E-state index contributed by atoms with van der Waals surface area (Å²) < 4.78 is 38.7. The molecule has 0 saturated carbocycles. The molecule has 0 heterocycles. The van der Waals surface area contributed by atoms with Crippen molar-refractivity contribution in [2.75, 3.05) is 20.0 Å². The fourth-order valence-electron chi connectivity index (χ4n) is 2.76. The summed E-state index contributed by atoms with van der Waals surface area (Å²) in [6, 6.07) is 13.5. The van der Waals surface area contributed by atoms with Crippen LogP contribution in [0.4, 0.5) is 0 Å². The van der Waals surface area contributed by atoms with Crippen LogP contribution in [0.1, 0.15) is 37.3 Å². The lowest BCUT2D eigenvalue weighted by Crippen LogP contribution is -2.07. The van der Waals surface area contributed by atoms with E-state index >= 15 is 0 Å². The molecular weight excluding hydrogens is 364 g/mol. The number of unbranched alkanes of at least 4 members (excludes halogenated alkanes) is 1. The van der Waals surface area contributed by atoms with E-state index in [0.29, 0.717) is 5.75 Å². The van der Waals surface area contributed by atoms with Gasteiger partial charge in [-0.25, -0.2) is 0 Å². The van der Waals surface area contributed by atoms with Crippen molar-refractivity contribution in [1.82, 2.24) is 0 Å². The number of para-hydroxylation sites is 1. The second-order valence-electron chi connectivity index (χ2n) is 6.44. The van der Waals surface area contributed by atoms with Crippen LogP contribution >= 0.6 is 0 Å². The predicted octanol–water partition coefficient (Wildman–Crippen LogP) is 4.39. The number of hydrogen-bond acceptors (Lipinski definition) is 5. The average Bonchev–Trinajstić information content (AvgIpc) is 2.63. The number of methoxy groups -OCH3 is 1. The van der Waals surface area contributed by atoms with Gasteiger partial charge in [-0.2, -0.15) is 8.42 Å². The fraction of sp³-hybridized carbons (Fsp3) is 0.429. The van der Waals surface area contributed by atoms with Gasteiger partial charge in [0.25, 0.3) is 0 Å². The van der Waals surface area contributed by atoms with Gasteiger partial charge in [-0.15, -0.1) is 0 Å². The van der Waals surface area contributed by atoms with Gasteiger partial charge < -0.3 is 13.7 Å². The van der Waals surface area contributed by atoms with Crippen molar-refractivity contribution in [2.45, 2.75) is 39.0 Å². The van der Waals surface area contributed by atoms with Crippen LogP contribution in [-0.2, 0) is 23.0 Å². The van der Waals surface area contributed by atoms with Crippen LogP contribution in [0.15, 0.2) is 42.5 Å². The standard InChI is InChI=1S/C21H28O5S/c1-4-5-15-25-19-12-7-6-10-18(19)11-8-9-17-13-14-20(21(16-17)24-2)26-27(3,22)23/h6-7,10,12-14,16H,4-5,8-9,11,15H2,1-3H3. The first-order chi connectivity index (χ1) is 12.9. The maximum absolute atomic E-state index is 11.3. The highest BCUT2D eigenvalue weighted by atomic mass is 32.2. The Balaban J connectivity index is 1.97. The Labute approximate surface area is 162 Å². The van der Waals surface area contributed by atoms with E-state index in [2.05, 4.69) is 13.0 Å². The van der Waals surface area contributed by atoms with Gasteiger partial charge in [-0.3, -0.25) is 0 Å². The first kappa shape index (κ1) is 21.1. The maximum Gasteiger partial charge on any atom is 0.306 e. The minimum absolute atomic E-state index is 0.207. The highest BCUT2D eigenvalue weighted by molar-refractivity contribution is 7.86. The van der Waals surface area contributed by atoms with E-state index in [9.17, 15) is 8.42 Å².